The zero-order valence-electron chi connectivity index (χ0n) is 10.8. The third kappa shape index (κ3) is 2.03. The van der Waals surface area contributed by atoms with Crippen LogP contribution in [0.1, 0.15) is 18.4 Å². The fourth-order valence-corrected chi connectivity index (χ4v) is 2.65. The molecule has 2 aliphatic rings. The molecule has 0 unspecified atom stereocenters. The number of hydrogen-bond donors (Lipinski definition) is 1. The van der Waals surface area contributed by atoms with Crippen molar-refractivity contribution in [2.75, 3.05) is 24.5 Å². The summed E-state index contributed by atoms with van der Waals surface area (Å²) in [7, 11) is 0. The molecule has 0 atom stereocenters. The Bertz CT molecular complexity index is 491. The monoisotopic (exact) mass is 246 g/mol. The molecule has 96 valence electrons. The Morgan fingerprint density at radius 3 is 2.83 bits per heavy atom. The molecule has 0 radical (unpaired) electrons. The summed E-state index contributed by atoms with van der Waals surface area (Å²) in [6.07, 6.45) is 2.56. The molecule has 3 rings (SSSR count). The third-order valence-corrected chi connectivity index (χ3v) is 4.11. The molecule has 0 amide bonds. The third-order valence-electron chi connectivity index (χ3n) is 4.11. The first-order valence-electron chi connectivity index (χ1n) is 6.52. The molecule has 1 N–H and O–H groups in total. The van der Waals surface area contributed by atoms with E-state index in [0.29, 0.717) is 11.0 Å². The van der Waals surface area contributed by atoms with Gasteiger partial charge in [-0.15, -0.1) is 0 Å². The standard InChI is InChI=1S/C15H19FN2/c1-11-7-13(3-4-14(11)16)18-10-15(5-6-15)9-17-8-12(18)2/h3-4,7,17H,2,5-6,8-10H2,1H3. The molecule has 1 heterocycles. The Kier molecular flexibility index (Phi) is 2.67. The van der Waals surface area contributed by atoms with Gasteiger partial charge in [-0.3, -0.25) is 0 Å². The molecule has 1 aliphatic carbocycles. The lowest BCUT2D eigenvalue weighted by atomic mass is 10.1. The summed E-state index contributed by atoms with van der Waals surface area (Å²) >= 11 is 0. The van der Waals surface area contributed by atoms with E-state index in [-0.39, 0.29) is 5.82 Å². The Morgan fingerprint density at radius 2 is 2.17 bits per heavy atom. The van der Waals surface area contributed by atoms with Gasteiger partial charge in [-0.25, -0.2) is 4.39 Å². The van der Waals surface area contributed by atoms with Crippen molar-refractivity contribution in [1.29, 1.82) is 0 Å². The number of benzene rings is 1. The highest BCUT2D eigenvalue weighted by Crippen LogP contribution is 2.47. The molecule has 1 aliphatic heterocycles. The van der Waals surface area contributed by atoms with Gasteiger partial charge in [0.05, 0.1) is 0 Å². The summed E-state index contributed by atoms with van der Waals surface area (Å²) < 4.78 is 13.4. The molecule has 2 fully saturated rings. The van der Waals surface area contributed by atoms with Gasteiger partial charge < -0.3 is 10.2 Å². The van der Waals surface area contributed by atoms with E-state index in [1.54, 1.807) is 6.07 Å². The first kappa shape index (κ1) is 11.7. The van der Waals surface area contributed by atoms with E-state index in [9.17, 15) is 4.39 Å². The molecule has 1 spiro atoms. The van der Waals surface area contributed by atoms with Crippen LogP contribution >= 0.6 is 0 Å². The van der Waals surface area contributed by atoms with Crippen LogP contribution in [0.4, 0.5) is 10.1 Å². The molecule has 1 saturated carbocycles. The highest BCUT2D eigenvalue weighted by atomic mass is 19.1. The maximum absolute atomic E-state index is 13.4. The van der Waals surface area contributed by atoms with Crippen molar-refractivity contribution in [1.82, 2.24) is 5.32 Å². The molecule has 18 heavy (non-hydrogen) atoms. The lowest BCUT2D eigenvalue weighted by molar-refractivity contribution is 0.501. The minimum Gasteiger partial charge on any atom is -0.344 e. The number of nitrogens with one attached hydrogen (secondary N) is 1. The molecule has 1 aromatic carbocycles. The maximum Gasteiger partial charge on any atom is 0.126 e. The molecule has 0 bridgehead atoms. The summed E-state index contributed by atoms with van der Waals surface area (Å²) in [5, 5.41) is 3.46. The van der Waals surface area contributed by atoms with Crippen molar-refractivity contribution in [2.24, 2.45) is 5.41 Å². The van der Waals surface area contributed by atoms with Gasteiger partial charge in [0.1, 0.15) is 5.82 Å². The number of rotatable bonds is 1. The Hall–Kier alpha value is -1.35. The van der Waals surface area contributed by atoms with Gasteiger partial charge >= 0.3 is 0 Å². The van der Waals surface area contributed by atoms with Gasteiger partial charge in [-0.2, -0.15) is 0 Å². The second-order valence-corrected chi connectivity index (χ2v) is 5.69. The van der Waals surface area contributed by atoms with Crippen molar-refractivity contribution >= 4 is 5.69 Å². The van der Waals surface area contributed by atoms with Crippen LogP contribution in [-0.2, 0) is 0 Å². The fraction of sp³-hybridized carbons (Fsp3) is 0.467. The highest BCUT2D eigenvalue weighted by molar-refractivity contribution is 5.54. The quantitative estimate of drug-likeness (QED) is 0.819. The summed E-state index contributed by atoms with van der Waals surface area (Å²) in [4.78, 5) is 2.25. The van der Waals surface area contributed by atoms with E-state index < -0.39 is 0 Å². The van der Waals surface area contributed by atoms with Crippen LogP contribution < -0.4 is 10.2 Å². The SMILES string of the molecule is C=C1CNCC2(CC2)CN1c1ccc(F)c(C)c1. The van der Waals surface area contributed by atoms with Crippen LogP contribution in [0.5, 0.6) is 0 Å². The molecular formula is C15H19FN2. The second-order valence-electron chi connectivity index (χ2n) is 5.69. The van der Waals surface area contributed by atoms with E-state index >= 15 is 0 Å². The smallest absolute Gasteiger partial charge is 0.126 e. The Morgan fingerprint density at radius 1 is 1.39 bits per heavy atom. The molecule has 1 saturated heterocycles. The number of aryl methyl sites for hydroxylation is 1. The van der Waals surface area contributed by atoms with Crippen LogP contribution in [0.15, 0.2) is 30.5 Å². The van der Waals surface area contributed by atoms with E-state index in [1.807, 2.05) is 19.1 Å². The van der Waals surface area contributed by atoms with Gasteiger partial charge in [-0.05, 0) is 43.5 Å². The van der Waals surface area contributed by atoms with Crippen LogP contribution in [0.25, 0.3) is 0 Å². The Balaban J connectivity index is 1.92. The van der Waals surface area contributed by atoms with Crippen LogP contribution in [0.3, 0.4) is 0 Å². The summed E-state index contributed by atoms with van der Waals surface area (Å²) in [5.41, 5.74) is 3.25. The topological polar surface area (TPSA) is 15.3 Å². The van der Waals surface area contributed by atoms with Crippen LogP contribution in [0.2, 0.25) is 0 Å². The summed E-state index contributed by atoms with van der Waals surface area (Å²) in [6.45, 7) is 8.85. The first-order chi connectivity index (χ1) is 8.60. The van der Waals surface area contributed by atoms with E-state index in [2.05, 4.69) is 16.8 Å². The number of halogens is 1. The van der Waals surface area contributed by atoms with Crippen molar-refractivity contribution in [3.8, 4) is 0 Å². The minimum absolute atomic E-state index is 0.140. The molecule has 1 aromatic rings. The normalized spacial score (nSPS) is 22.1. The van der Waals surface area contributed by atoms with Crippen molar-refractivity contribution in [3.63, 3.8) is 0 Å². The van der Waals surface area contributed by atoms with E-state index in [0.717, 1.165) is 31.0 Å². The van der Waals surface area contributed by atoms with Crippen LogP contribution in [-0.4, -0.2) is 19.6 Å². The summed E-state index contributed by atoms with van der Waals surface area (Å²) in [5.74, 6) is -0.140. The Labute approximate surface area is 107 Å². The average Bonchev–Trinajstić information content (AvgIpc) is 3.12. The maximum atomic E-state index is 13.4. The molecular weight excluding hydrogens is 227 g/mol. The van der Waals surface area contributed by atoms with Crippen molar-refractivity contribution in [2.45, 2.75) is 19.8 Å². The largest absolute Gasteiger partial charge is 0.344 e. The predicted octanol–water partition coefficient (Wildman–Crippen LogP) is 2.84. The van der Waals surface area contributed by atoms with Gasteiger partial charge in [0, 0.05) is 36.4 Å². The van der Waals surface area contributed by atoms with Gasteiger partial charge in [0.15, 0.2) is 0 Å². The lowest BCUT2D eigenvalue weighted by Gasteiger charge is -2.27. The van der Waals surface area contributed by atoms with Gasteiger partial charge in [0.25, 0.3) is 0 Å². The van der Waals surface area contributed by atoms with E-state index in [4.69, 9.17) is 0 Å². The highest BCUT2D eigenvalue weighted by Gasteiger charge is 2.45. The molecule has 0 aromatic heterocycles. The molecule has 3 heteroatoms. The zero-order chi connectivity index (χ0) is 12.8. The molecule has 2 nitrogen and oxygen atoms in total. The first-order valence-corrected chi connectivity index (χ1v) is 6.52. The van der Waals surface area contributed by atoms with Crippen molar-refractivity contribution < 1.29 is 4.39 Å². The lowest BCUT2D eigenvalue weighted by Crippen LogP contribution is -2.29. The average molecular weight is 246 g/mol. The van der Waals surface area contributed by atoms with E-state index in [1.165, 1.54) is 12.8 Å². The second kappa shape index (κ2) is 4.09. The minimum atomic E-state index is -0.140. The van der Waals surface area contributed by atoms with Crippen LogP contribution in [0, 0.1) is 18.2 Å². The number of hydrogen-bond acceptors (Lipinski definition) is 2. The zero-order valence-corrected chi connectivity index (χ0v) is 10.8. The van der Waals surface area contributed by atoms with Crippen molar-refractivity contribution in [3.05, 3.63) is 41.9 Å². The fourth-order valence-electron chi connectivity index (χ4n) is 2.65. The number of nitrogens with zero attached hydrogens (tertiary/aromatic N) is 1. The number of anilines is 1. The summed E-state index contributed by atoms with van der Waals surface area (Å²) in [6, 6.07) is 5.33. The predicted molar refractivity (Wildman–Crippen MR) is 72.2 cm³/mol. The van der Waals surface area contributed by atoms with Gasteiger partial charge in [0.2, 0.25) is 0 Å². The van der Waals surface area contributed by atoms with Gasteiger partial charge in [-0.1, -0.05) is 6.58 Å².